The number of ether oxygens (including phenoxy) is 3. The monoisotopic (exact) mass is 603 g/mol. The highest BCUT2D eigenvalue weighted by atomic mass is 35.5. The number of fused-ring (bicyclic) bond motifs is 3. The number of nitrogens with zero attached hydrogens (tertiary/aromatic N) is 7. The van der Waals surface area contributed by atoms with Crippen molar-refractivity contribution in [1.82, 2.24) is 35.0 Å². The summed E-state index contributed by atoms with van der Waals surface area (Å²) in [5, 5.41) is 30.5. The van der Waals surface area contributed by atoms with Crippen LogP contribution in [0.25, 0.3) is 5.69 Å². The second-order valence-electron chi connectivity index (χ2n) is 9.62. The van der Waals surface area contributed by atoms with Crippen LogP contribution >= 0.6 is 23.4 Å². The predicted molar refractivity (Wildman–Crippen MR) is 146 cm³/mol. The molecule has 2 aromatic carbocycles. The Morgan fingerprint density at radius 1 is 1.17 bits per heavy atom. The number of aryl methyl sites for hydroxylation is 1. The predicted octanol–water partition coefficient (Wildman–Crippen LogP) is 4.60. The maximum Gasteiger partial charge on any atom is 0.319 e. The van der Waals surface area contributed by atoms with Gasteiger partial charge in [-0.25, -0.2) is 9.07 Å². The first-order valence-corrected chi connectivity index (χ1v) is 13.7. The van der Waals surface area contributed by atoms with Gasteiger partial charge in [-0.3, -0.25) is 9.36 Å². The number of alkyl halides is 1. The van der Waals surface area contributed by atoms with Gasteiger partial charge >= 0.3 is 5.97 Å². The Bertz CT molecular complexity index is 1580. The highest BCUT2D eigenvalue weighted by Crippen LogP contribution is 2.46. The maximum absolute atomic E-state index is 14.2. The van der Waals surface area contributed by atoms with Crippen molar-refractivity contribution in [2.45, 2.75) is 55.6 Å². The van der Waals surface area contributed by atoms with E-state index >= 15 is 0 Å². The lowest BCUT2D eigenvalue weighted by Gasteiger charge is -2.25. The summed E-state index contributed by atoms with van der Waals surface area (Å²) < 4.78 is 34.2. The summed E-state index contributed by atoms with van der Waals surface area (Å²) in [7, 11) is 3.09. The molecule has 41 heavy (non-hydrogen) atoms. The molecular weight excluding hydrogens is 577 g/mol. The number of halogens is 2. The molecule has 216 valence electrons. The zero-order chi connectivity index (χ0) is 29.3. The number of carbonyl (C=O) groups is 1. The summed E-state index contributed by atoms with van der Waals surface area (Å²) in [5.74, 6) is 0.486. The Hall–Kier alpha value is -3.75. The van der Waals surface area contributed by atoms with E-state index in [-0.39, 0.29) is 12.4 Å². The van der Waals surface area contributed by atoms with E-state index in [9.17, 15) is 14.3 Å². The SMILES string of the molecule is COc1cccc([C@H]2O[C@H](CCn3nnnc3SC(C)(C)C(=O)O)c3nnc(CF)n3-c3ccc(Cl)cc32)c1OC. The fourth-order valence-corrected chi connectivity index (χ4v) is 5.64. The van der Waals surface area contributed by atoms with Crippen LogP contribution in [0.4, 0.5) is 4.39 Å². The van der Waals surface area contributed by atoms with Crippen LogP contribution in [-0.2, 0) is 22.8 Å². The van der Waals surface area contributed by atoms with Crippen LogP contribution in [0.15, 0.2) is 41.6 Å². The first kappa shape index (κ1) is 28.8. The fourth-order valence-electron chi connectivity index (χ4n) is 4.60. The fraction of sp³-hybridized carbons (Fsp3) is 0.385. The average Bonchev–Trinajstić information content (AvgIpc) is 3.56. The highest BCUT2D eigenvalue weighted by molar-refractivity contribution is 8.01. The third kappa shape index (κ3) is 5.46. The van der Waals surface area contributed by atoms with Crippen molar-refractivity contribution in [2.24, 2.45) is 0 Å². The molecule has 1 aliphatic rings. The number of aromatic nitrogens is 7. The molecule has 4 aromatic rings. The van der Waals surface area contributed by atoms with Crippen LogP contribution < -0.4 is 9.47 Å². The number of methoxy groups -OCH3 is 2. The summed E-state index contributed by atoms with van der Waals surface area (Å²) in [6, 6.07) is 10.7. The minimum absolute atomic E-state index is 0.109. The van der Waals surface area contributed by atoms with E-state index in [1.165, 1.54) is 4.68 Å². The molecule has 0 spiro atoms. The minimum Gasteiger partial charge on any atom is -0.493 e. The molecule has 0 unspecified atom stereocenters. The standard InChI is InChI=1S/C26H27ClFN7O5S/c1-26(2,24(36)37)41-25-31-32-33-34(25)11-10-19-23-30-29-20(13-28)35(23)17-9-8-14(27)12-16(17)21(40-19)15-6-5-7-18(38-3)22(15)39-4/h5-9,12,19,21H,10-11,13H2,1-4H3,(H,36,37)/t19-,21-/m1/s1. The number of para-hydroxylation sites is 1. The van der Waals surface area contributed by atoms with Gasteiger partial charge in [-0.2, -0.15) is 0 Å². The van der Waals surface area contributed by atoms with E-state index in [0.29, 0.717) is 50.7 Å². The van der Waals surface area contributed by atoms with Gasteiger partial charge in [-0.1, -0.05) is 35.5 Å². The van der Waals surface area contributed by atoms with Crippen molar-refractivity contribution in [3.8, 4) is 17.2 Å². The molecule has 0 fully saturated rings. The number of aliphatic carboxylic acids is 1. The quantitative estimate of drug-likeness (QED) is 0.254. The van der Waals surface area contributed by atoms with E-state index in [2.05, 4.69) is 25.7 Å². The first-order valence-electron chi connectivity index (χ1n) is 12.5. The Labute approximate surface area is 243 Å². The van der Waals surface area contributed by atoms with E-state index in [0.717, 1.165) is 11.8 Å². The van der Waals surface area contributed by atoms with Crippen molar-refractivity contribution in [3.05, 3.63) is 64.2 Å². The van der Waals surface area contributed by atoms with Crippen LogP contribution in [0, 0.1) is 0 Å². The molecule has 2 aromatic heterocycles. The lowest BCUT2D eigenvalue weighted by molar-refractivity contribution is -0.138. The second kappa shape index (κ2) is 11.6. The molecule has 1 N–H and O–H groups in total. The smallest absolute Gasteiger partial charge is 0.319 e. The van der Waals surface area contributed by atoms with E-state index in [1.54, 1.807) is 56.9 Å². The van der Waals surface area contributed by atoms with Gasteiger partial charge in [-0.15, -0.1) is 15.3 Å². The van der Waals surface area contributed by atoms with Gasteiger partial charge in [0.1, 0.15) is 23.6 Å². The van der Waals surface area contributed by atoms with Gasteiger partial charge in [0.2, 0.25) is 5.16 Å². The topological polar surface area (TPSA) is 139 Å². The van der Waals surface area contributed by atoms with Gasteiger partial charge < -0.3 is 19.3 Å². The zero-order valence-electron chi connectivity index (χ0n) is 22.6. The molecule has 0 amide bonds. The Kier molecular flexibility index (Phi) is 8.16. The molecule has 12 nitrogen and oxygen atoms in total. The lowest BCUT2D eigenvalue weighted by Crippen LogP contribution is -2.27. The molecule has 5 rings (SSSR count). The average molecular weight is 604 g/mol. The highest BCUT2D eigenvalue weighted by Gasteiger charge is 2.36. The number of thioether (sulfide) groups is 1. The molecule has 15 heteroatoms. The minimum atomic E-state index is -1.16. The molecule has 0 saturated heterocycles. The molecule has 0 aliphatic carbocycles. The number of hydrogen-bond donors (Lipinski definition) is 1. The van der Waals surface area contributed by atoms with Gasteiger partial charge in [-0.05, 0) is 48.5 Å². The van der Waals surface area contributed by atoms with Crippen molar-refractivity contribution in [1.29, 1.82) is 0 Å². The lowest BCUT2D eigenvalue weighted by atomic mass is 9.98. The Balaban J connectivity index is 1.59. The van der Waals surface area contributed by atoms with Gasteiger partial charge in [0, 0.05) is 29.1 Å². The molecular formula is C26H27ClFN7O5S. The van der Waals surface area contributed by atoms with E-state index in [4.69, 9.17) is 25.8 Å². The Morgan fingerprint density at radius 3 is 2.68 bits per heavy atom. The van der Waals surface area contributed by atoms with E-state index in [1.807, 2.05) is 12.1 Å². The van der Waals surface area contributed by atoms with Crippen LogP contribution in [-0.4, -0.2) is 65.0 Å². The summed E-state index contributed by atoms with van der Waals surface area (Å²) in [5.41, 5.74) is 1.94. The molecule has 1 aliphatic heterocycles. The molecule has 0 bridgehead atoms. The number of carboxylic acids is 1. The van der Waals surface area contributed by atoms with Crippen LogP contribution in [0.1, 0.15) is 55.3 Å². The summed E-state index contributed by atoms with van der Waals surface area (Å²) in [6.07, 6.45) is -1.15. The van der Waals surface area contributed by atoms with Gasteiger partial charge in [0.05, 0.1) is 19.9 Å². The number of carboxylic acid groups (broad SMARTS) is 1. The van der Waals surface area contributed by atoms with Crippen molar-refractivity contribution in [3.63, 3.8) is 0 Å². The summed E-state index contributed by atoms with van der Waals surface area (Å²) in [4.78, 5) is 11.7. The van der Waals surface area contributed by atoms with Gasteiger partial charge in [0.15, 0.2) is 23.1 Å². The third-order valence-corrected chi connectivity index (χ3v) is 8.05. The number of tetrazole rings is 1. The van der Waals surface area contributed by atoms with Crippen molar-refractivity contribution in [2.75, 3.05) is 14.2 Å². The number of hydrogen-bond acceptors (Lipinski definition) is 10. The molecule has 2 atom stereocenters. The summed E-state index contributed by atoms with van der Waals surface area (Å²) >= 11 is 7.48. The third-order valence-electron chi connectivity index (χ3n) is 6.66. The summed E-state index contributed by atoms with van der Waals surface area (Å²) in [6.45, 7) is 2.53. The maximum atomic E-state index is 14.2. The second-order valence-corrected chi connectivity index (χ2v) is 11.7. The number of benzene rings is 2. The van der Waals surface area contributed by atoms with Crippen LogP contribution in [0.3, 0.4) is 0 Å². The van der Waals surface area contributed by atoms with Crippen LogP contribution in [0.2, 0.25) is 5.02 Å². The Morgan fingerprint density at radius 2 is 1.98 bits per heavy atom. The largest absolute Gasteiger partial charge is 0.493 e. The normalized spacial score (nSPS) is 16.5. The molecule has 0 radical (unpaired) electrons. The molecule has 0 saturated carbocycles. The van der Waals surface area contributed by atoms with Crippen LogP contribution in [0.5, 0.6) is 11.5 Å². The first-order chi connectivity index (χ1) is 19.7. The zero-order valence-corrected chi connectivity index (χ0v) is 24.2. The number of rotatable bonds is 10. The molecule has 3 heterocycles. The van der Waals surface area contributed by atoms with Crippen molar-refractivity contribution >= 4 is 29.3 Å². The van der Waals surface area contributed by atoms with Crippen molar-refractivity contribution < 1.29 is 28.5 Å². The van der Waals surface area contributed by atoms with Gasteiger partial charge in [0.25, 0.3) is 0 Å². The van der Waals surface area contributed by atoms with E-state index < -0.39 is 29.6 Å².